The molecule has 140 valence electrons. The molecule has 0 radical (unpaired) electrons. The van der Waals surface area contributed by atoms with E-state index in [0.29, 0.717) is 12.1 Å². The van der Waals surface area contributed by atoms with Crippen LogP contribution in [-0.4, -0.2) is 69.3 Å². The summed E-state index contributed by atoms with van der Waals surface area (Å²) in [6.07, 6.45) is 4.90. The molecule has 0 saturated carbocycles. The lowest BCUT2D eigenvalue weighted by Gasteiger charge is -2.28. The third kappa shape index (κ3) is 4.66. The molecule has 3 rings (SSSR count). The van der Waals surface area contributed by atoms with Gasteiger partial charge in [0.25, 0.3) is 0 Å². The molecule has 1 aromatic rings. The predicted molar refractivity (Wildman–Crippen MR) is 101 cm³/mol. The molecule has 2 saturated heterocycles. The van der Waals surface area contributed by atoms with E-state index in [0.717, 1.165) is 50.7 Å². The average Bonchev–Trinajstić information content (AvgIpc) is 2.84. The van der Waals surface area contributed by atoms with Crippen molar-refractivity contribution in [3.05, 3.63) is 23.8 Å². The molecule has 0 spiro atoms. The Morgan fingerprint density at radius 3 is 2.84 bits per heavy atom. The number of hydrogen-bond donors (Lipinski definition) is 1. The highest BCUT2D eigenvalue weighted by Gasteiger charge is 2.35. The van der Waals surface area contributed by atoms with Crippen LogP contribution in [0, 0.1) is 0 Å². The number of methoxy groups -OCH3 is 1. The Morgan fingerprint density at radius 1 is 1.20 bits per heavy atom. The van der Waals surface area contributed by atoms with Gasteiger partial charge in [0, 0.05) is 37.3 Å². The third-order valence-electron chi connectivity index (χ3n) is 5.43. The summed E-state index contributed by atoms with van der Waals surface area (Å²) in [5, 5.41) is 3.58. The number of para-hydroxylation sites is 1. The Balaban J connectivity index is 1.71. The SMILES string of the molecule is COc1cccc(CN2[C@@H]3CCNC[C@H]2CC3)c1OCCCN(C)C. The molecule has 1 aromatic carbocycles. The van der Waals surface area contributed by atoms with Crippen molar-refractivity contribution in [2.45, 2.75) is 44.3 Å². The Hall–Kier alpha value is -1.30. The fourth-order valence-corrected chi connectivity index (χ4v) is 4.10. The van der Waals surface area contributed by atoms with Gasteiger partial charge in [-0.1, -0.05) is 12.1 Å². The van der Waals surface area contributed by atoms with Gasteiger partial charge < -0.3 is 19.7 Å². The van der Waals surface area contributed by atoms with Crippen molar-refractivity contribution >= 4 is 0 Å². The summed E-state index contributed by atoms with van der Waals surface area (Å²) < 4.78 is 11.8. The number of ether oxygens (including phenoxy) is 2. The van der Waals surface area contributed by atoms with Crippen LogP contribution < -0.4 is 14.8 Å². The number of nitrogens with one attached hydrogen (secondary N) is 1. The normalized spacial score (nSPS) is 23.7. The highest BCUT2D eigenvalue weighted by atomic mass is 16.5. The maximum Gasteiger partial charge on any atom is 0.165 e. The topological polar surface area (TPSA) is 37.0 Å². The van der Waals surface area contributed by atoms with E-state index in [-0.39, 0.29) is 0 Å². The molecule has 2 aliphatic heterocycles. The largest absolute Gasteiger partial charge is 0.493 e. The van der Waals surface area contributed by atoms with Gasteiger partial charge in [0.05, 0.1) is 13.7 Å². The van der Waals surface area contributed by atoms with E-state index in [4.69, 9.17) is 9.47 Å². The molecular formula is C20H33N3O2. The van der Waals surface area contributed by atoms with Gasteiger partial charge in [-0.05, 0) is 52.4 Å². The molecule has 2 atom stereocenters. The van der Waals surface area contributed by atoms with Crippen molar-refractivity contribution in [2.24, 2.45) is 0 Å². The fourth-order valence-electron chi connectivity index (χ4n) is 4.10. The van der Waals surface area contributed by atoms with Crippen molar-refractivity contribution in [3.63, 3.8) is 0 Å². The summed E-state index contributed by atoms with van der Waals surface area (Å²) in [5.74, 6) is 1.78. The zero-order chi connectivity index (χ0) is 17.6. The molecule has 2 aliphatic rings. The Bertz CT molecular complexity index is 536. The molecule has 2 bridgehead atoms. The molecule has 5 heteroatoms. The van der Waals surface area contributed by atoms with Crippen molar-refractivity contribution in [3.8, 4) is 11.5 Å². The first-order chi connectivity index (χ1) is 12.2. The number of rotatable bonds is 8. The van der Waals surface area contributed by atoms with Gasteiger partial charge in [-0.15, -0.1) is 0 Å². The Morgan fingerprint density at radius 2 is 2.04 bits per heavy atom. The molecule has 0 amide bonds. The van der Waals surface area contributed by atoms with E-state index in [1.54, 1.807) is 7.11 Å². The van der Waals surface area contributed by atoms with Crippen LogP contribution in [0.15, 0.2) is 18.2 Å². The van der Waals surface area contributed by atoms with Crippen molar-refractivity contribution in [2.75, 3.05) is 47.4 Å². The summed E-state index contributed by atoms with van der Waals surface area (Å²) in [4.78, 5) is 4.87. The predicted octanol–water partition coefficient (Wildman–Crippen LogP) is 2.35. The van der Waals surface area contributed by atoms with Gasteiger partial charge in [-0.3, -0.25) is 4.90 Å². The van der Waals surface area contributed by atoms with Gasteiger partial charge >= 0.3 is 0 Å². The molecule has 5 nitrogen and oxygen atoms in total. The standard InChI is InChI=1S/C20H33N3O2/c1-22(2)12-5-13-25-20-16(6-4-7-19(20)24-3)15-23-17-8-9-18(23)14-21-11-10-17/h4,6-7,17-18,21H,5,8-15H2,1-3H3/t17-,18+/m0/s1. The lowest BCUT2D eigenvalue weighted by molar-refractivity contribution is 0.188. The quantitative estimate of drug-likeness (QED) is 0.731. The maximum absolute atomic E-state index is 6.18. The van der Waals surface area contributed by atoms with Gasteiger partial charge in [-0.2, -0.15) is 0 Å². The maximum atomic E-state index is 6.18. The second-order valence-electron chi connectivity index (χ2n) is 7.50. The smallest absolute Gasteiger partial charge is 0.165 e. The van der Waals surface area contributed by atoms with Crippen LogP contribution in [0.4, 0.5) is 0 Å². The first-order valence-electron chi connectivity index (χ1n) is 9.59. The molecule has 1 N–H and O–H groups in total. The summed E-state index contributed by atoms with van der Waals surface area (Å²) >= 11 is 0. The molecule has 0 aliphatic carbocycles. The number of nitrogens with zero attached hydrogens (tertiary/aromatic N) is 2. The van der Waals surface area contributed by atoms with E-state index in [1.807, 2.05) is 6.07 Å². The number of fused-ring (bicyclic) bond motifs is 2. The second kappa shape index (κ2) is 8.88. The van der Waals surface area contributed by atoms with Crippen LogP contribution in [0.2, 0.25) is 0 Å². The molecule has 2 fully saturated rings. The zero-order valence-electron chi connectivity index (χ0n) is 16.0. The summed E-state index contributed by atoms with van der Waals surface area (Å²) in [6.45, 7) is 4.97. The number of benzene rings is 1. The lowest BCUT2D eigenvalue weighted by atomic mass is 10.1. The minimum absolute atomic E-state index is 0.653. The minimum Gasteiger partial charge on any atom is -0.493 e. The van der Waals surface area contributed by atoms with Crippen LogP contribution in [-0.2, 0) is 6.54 Å². The molecule has 2 heterocycles. The number of hydrogen-bond acceptors (Lipinski definition) is 5. The van der Waals surface area contributed by atoms with Crippen molar-refractivity contribution in [1.82, 2.24) is 15.1 Å². The molecule has 25 heavy (non-hydrogen) atoms. The van der Waals surface area contributed by atoms with Crippen LogP contribution in [0.1, 0.15) is 31.2 Å². The Kier molecular flexibility index (Phi) is 6.57. The summed E-state index contributed by atoms with van der Waals surface area (Å²) in [6, 6.07) is 7.64. The molecular weight excluding hydrogens is 314 g/mol. The Labute approximate surface area is 152 Å². The fraction of sp³-hybridized carbons (Fsp3) is 0.700. The van der Waals surface area contributed by atoms with Crippen LogP contribution in [0.3, 0.4) is 0 Å². The first kappa shape index (κ1) is 18.5. The average molecular weight is 348 g/mol. The highest BCUT2D eigenvalue weighted by Crippen LogP contribution is 2.36. The van der Waals surface area contributed by atoms with Crippen LogP contribution in [0.5, 0.6) is 11.5 Å². The van der Waals surface area contributed by atoms with E-state index < -0.39 is 0 Å². The van der Waals surface area contributed by atoms with Crippen molar-refractivity contribution < 1.29 is 9.47 Å². The van der Waals surface area contributed by atoms with Crippen molar-refractivity contribution in [1.29, 1.82) is 0 Å². The zero-order valence-corrected chi connectivity index (χ0v) is 16.0. The van der Waals surface area contributed by atoms with Crippen LogP contribution in [0.25, 0.3) is 0 Å². The highest BCUT2D eigenvalue weighted by molar-refractivity contribution is 5.46. The van der Waals surface area contributed by atoms with E-state index >= 15 is 0 Å². The lowest BCUT2D eigenvalue weighted by Crippen LogP contribution is -2.37. The van der Waals surface area contributed by atoms with Gasteiger partial charge in [-0.25, -0.2) is 0 Å². The summed E-state index contributed by atoms with van der Waals surface area (Å²) in [5.41, 5.74) is 1.25. The molecule has 0 aromatic heterocycles. The van der Waals surface area contributed by atoms with E-state index in [1.165, 1.54) is 24.8 Å². The molecule has 0 unspecified atom stereocenters. The minimum atomic E-state index is 0.653. The van der Waals surface area contributed by atoms with Gasteiger partial charge in [0.1, 0.15) is 0 Å². The first-order valence-corrected chi connectivity index (χ1v) is 9.59. The second-order valence-corrected chi connectivity index (χ2v) is 7.50. The van der Waals surface area contributed by atoms with E-state index in [9.17, 15) is 0 Å². The summed E-state index contributed by atoms with van der Waals surface area (Å²) in [7, 11) is 5.92. The van der Waals surface area contributed by atoms with Gasteiger partial charge in [0.2, 0.25) is 0 Å². The van der Waals surface area contributed by atoms with Crippen LogP contribution >= 0.6 is 0 Å². The van der Waals surface area contributed by atoms with E-state index in [2.05, 4.69) is 41.3 Å². The monoisotopic (exact) mass is 347 g/mol. The van der Waals surface area contributed by atoms with Gasteiger partial charge in [0.15, 0.2) is 11.5 Å². The third-order valence-corrected chi connectivity index (χ3v) is 5.43.